The van der Waals surface area contributed by atoms with Crippen LogP contribution in [0.5, 0.6) is 11.5 Å². The minimum absolute atomic E-state index is 0.0464. The number of carbonyl (C=O) groups excluding carboxylic acids is 1. The number of rotatable bonds is 13. The first kappa shape index (κ1) is 30.8. The lowest BCUT2D eigenvalue weighted by Crippen LogP contribution is -2.20. The number of hydrazone groups is 1. The highest BCUT2D eigenvalue weighted by Crippen LogP contribution is 2.30. The van der Waals surface area contributed by atoms with E-state index in [4.69, 9.17) is 9.47 Å². The Morgan fingerprint density at radius 3 is 2.29 bits per heavy atom. The number of ether oxygens (including phenoxy) is 2. The Kier molecular flexibility index (Phi) is 10.8. The number of unbranched alkanes of at least 4 members (excludes halogenated alkanes) is 2. The SMILES string of the molecule is CCCCCOc1ccc(C=NNC(=O)CSc2nnc(-c3ccc(C(C)(C)C)cc3)n2-c2ccc(OC)cc2)cc1. The van der Waals surface area contributed by atoms with Gasteiger partial charge < -0.3 is 9.47 Å². The first-order valence-electron chi connectivity index (χ1n) is 14.2. The quantitative estimate of drug-likeness (QED) is 0.0783. The summed E-state index contributed by atoms with van der Waals surface area (Å²) in [5, 5.41) is 13.7. The molecule has 1 aromatic heterocycles. The van der Waals surface area contributed by atoms with Crippen LogP contribution in [0.3, 0.4) is 0 Å². The molecule has 0 saturated heterocycles. The molecule has 4 aromatic rings. The fourth-order valence-electron chi connectivity index (χ4n) is 4.17. The third-order valence-electron chi connectivity index (χ3n) is 6.61. The van der Waals surface area contributed by atoms with Crippen LogP contribution >= 0.6 is 11.8 Å². The molecular formula is C33H39N5O3S. The van der Waals surface area contributed by atoms with Gasteiger partial charge in [0.15, 0.2) is 11.0 Å². The van der Waals surface area contributed by atoms with Gasteiger partial charge in [0.1, 0.15) is 11.5 Å². The van der Waals surface area contributed by atoms with E-state index in [1.807, 2.05) is 53.1 Å². The van der Waals surface area contributed by atoms with E-state index < -0.39 is 0 Å². The van der Waals surface area contributed by atoms with E-state index in [1.54, 1.807) is 13.3 Å². The van der Waals surface area contributed by atoms with Gasteiger partial charge in [-0.05, 0) is 71.5 Å². The van der Waals surface area contributed by atoms with Gasteiger partial charge in [0, 0.05) is 11.3 Å². The van der Waals surface area contributed by atoms with Crippen LogP contribution < -0.4 is 14.9 Å². The Labute approximate surface area is 252 Å². The number of benzene rings is 3. The average molecular weight is 586 g/mol. The molecule has 0 radical (unpaired) electrons. The van der Waals surface area contributed by atoms with Crippen LogP contribution in [0.1, 0.15) is 58.1 Å². The van der Waals surface area contributed by atoms with Crippen LogP contribution in [0, 0.1) is 0 Å². The van der Waals surface area contributed by atoms with Crippen LogP contribution in [-0.4, -0.2) is 46.4 Å². The maximum atomic E-state index is 12.6. The summed E-state index contributed by atoms with van der Waals surface area (Å²) in [6.45, 7) is 9.45. The number of amides is 1. The number of thioether (sulfide) groups is 1. The van der Waals surface area contributed by atoms with Crippen LogP contribution in [-0.2, 0) is 10.2 Å². The smallest absolute Gasteiger partial charge is 0.250 e. The number of nitrogens with one attached hydrogen (secondary N) is 1. The number of hydrogen-bond acceptors (Lipinski definition) is 7. The maximum absolute atomic E-state index is 12.6. The molecule has 0 unspecified atom stereocenters. The Hall–Kier alpha value is -4.11. The summed E-state index contributed by atoms with van der Waals surface area (Å²) in [5.74, 6) is 2.16. The molecule has 0 spiro atoms. The van der Waals surface area contributed by atoms with Gasteiger partial charge in [-0.2, -0.15) is 5.10 Å². The van der Waals surface area contributed by atoms with Gasteiger partial charge in [0.2, 0.25) is 0 Å². The van der Waals surface area contributed by atoms with E-state index in [0.717, 1.165) is 41.2 Å². The van der Waals surface area contributed by atoms with E-state index >= 15 is 0 Å². The van der Waals surface area contributed by atoms with Crippen molar-refractivity contribution in [3.63, 3.8) is 0 Å². The average Bonchev–Trinajstić information content (AvgIpc) is 3.42. The summed E-state index contributed by atoms with van der Waals surface area (Å²) in [4.78, 5) is 12.6. The summed E-state index contributed by atoms with van der Waals surface area (Å²) in [5.41, 5.74) is 6.56. The van der Waals surface area contributed by atoms with Crippen molar-refractivity contribution in [2.45, 2.75) is 57.5 Å². The van der Waals surface area contributed by atoms with E-state index in [2.05, 4.69) is 72.7 Å². The predicted molar refractivity (Wildman–Crippen MR) is 170 cm³/mol. The number of aromatic nitrogens is 3. The van der Waals surface area contributed by atoms with Gasteiger partial charge in [-0.15, -0.1) is 10.2 Å². The first-order chi connectivity index (χ1) is 20.3. The van der Waals surface area contributed by atoms with Crippen molar-refractivity contribution < 1.29 is 14.3 Å². The van der Waals surface area contributed by atoms with Crippen molar-refractivity contribution >= 4 is 23.9 Å². The molecule has 0 atom stereocenters. The van der Waals surface area contributed by atoms with E-state index in [1.165, 1.54) is 23.7 Å². The lowest BCUT2D eigenvalue weighted by molar-refractivity contribution is -0.118. The molecule has 1 amide bonds. The minimum atomic E-state index is -0.243. The van der Waals surface area contributed by atoms with Gasteiger partial charge in [-0.25, -0.2) is 5.43 Å². The van der Waals surface area contributed by atoms with Crippen LogP contribution in [0.15, 0.2) is 83.1 Å². The number of hydrogen-bond donors (Lipinski definition) is 1. The van der Waals surface area contributed by atoms with Crippen molar-refractivity contribution in [1.82, 2.24) is 20.2 Å². The predicted octanol–water partition coefficient (Wildman–Crippen LogP) is 7.05. The zero-order valence-corrected chi connectivity index (χ0v) is 25.8. The second-order valence-electron chi connectivity index (χ2n) is 10.9. The summed E-state index contributed by atoms with van der Waals surface area (Å²) in [6.07, 6.45) is 4.99. The zero-order chi connectivity index (χ0) is 30.0. The highest BCUT2D eigenvalue weighted by atomic mass is 32.2. The summed E-state index contributed by atoms with van der Waals surface area (Å²) in [6, 6.07) is 23.7. The van der Waals surface area contributed by atoms with E-state index in [-0.39, 0.29) is 17.1 Å². The molecule has 8 nitrogen and oxygen atoms in total. The highest BCUT2D eigenvalue weighted by Gasteiger charge is 2.19. The Morgan fingerprint density at radius 1 is 0.952 bits per heavy atom. The summed E-state index contributed by atoms with van der Waals surface area (Å²) >= 11 is 1.30. The van der Waals surface area contributed by atoms with Gasteiger partial charge in [-0.1, -0.05) is 76.6 Å². The molecule has 0 bridgehead atoms. The fraction of sp³-hybridized carbons (Fsp3) is 0.333. The van der Waals surface area contributed by atoms with Crippen molar-refractivity contribution in [3.05, 3.63) is 83.9 Å². The third kappa shape index (κ3) is 8.45. The zero-order valence-electron chi connectivity index (χ0n) is 25.0. The van der Waals surface area contributed by atoms with Crippen molar-refractivity contribution in [2.24, 2.45) is 5.10 Å². The molecule has 0 saturated carbocycles. The minimum Gasteiger partial charge on any atom is -0.497 e. The molecule has 0 fully saturated rings. The van der Waals surface area contributed by atoms with Crippen molar-refractivity contribution in [1.29, 1.82) is 0 Å². The van der Waals surface area contributed by atoms with Crippen molar-refractivity contribution in [2.75, 3.05) is 19.5 Å². The normalized spacial score (nSPS) is 11.5. The van der Waals surface area contributed by atoms with E-state index in [0.29, 0.717) is 17.6 Å². The van der Waals surface area contributed by atoms with Crippen LogP contribution in [0.4, 0.5) is 0 Å². The first-order valence-corrected chi connectivity index (χ1v) is 15.2. The number of nitrogens with zero attached hydrogens (tertiary/aromatic N) is 4. The topological polar surface area (TPSA) is 90.6 Å². The third-order valence-corrected chi connectivity index (χ3v) is 7.53. The van der Waals surface area contributed by atoms with Crippen molar-refractivity contribution in [3.8, 4) is 28.6 Å². The lowest BCUT2D eigenvalue weighted by atomic mass is 9.87. The maximum Gasteiger partial charge on any atom is 0.250 e. The Morgan fingerprint density at radius 2 is 1.64 bits per heavy atom. The molecule has 0 aliphatic heterocycles. The highest BCUT2D eigenvalue weighted by molar-refractivity contribution is 7.99. The lowest BCUT2D eigenvalue weighted by Gasteiger charge is -2.19. The molecule has 4 rings (SSSR count). The second-order valence-corrected chi connectivity index (χ2v) is 11.8. The standard InChI is InChI=1S/C33H39N5O3S/c1-6-7-8-21-41-29-17-9-24(10-18-29)22-34-35-30(39)23-42-32-37-36-31(25-11-13-26(14-12-25)33(2,3)4)38(32)27-15-19-28(40-5)20-16-27/h9-20,22H,6-8,21,23H2,1-5H3,(H,35,39). The number of methoxy groups -OCH3 is 1. The largest absolute Gasteiger partial charge is 0.497 e. The monoisotopic (exact) mass is 585 g/mol. The molecule has 1 N–H and O–H groups in total. The summed E-state index contributed by atoms with van der Waals surface area (Å²) < 4.78 is 13.0. The molecule has 0 aliphatic rings. The number of carbonyl (C=O) groups is 1. The Balaban J connectivity index is 1.42. The van der Waals surface area contributed by atoms with Gasteiger partial charge in [0.05, 0.1) is 25.7 Å². The molecule has 42 heavy (non-hydrogen) atoms. The molecule has 9 heteroatoms. The van der Waals surface area contributed by atoms with Gasteiger partial charge in [0.25, 0.3) is 5.91 Å². The van der Waals surface area contributed by atoms with E-state index in [9.17, 15) is 4.79 Å². The summed E-state index contributed by atoms with van der Waals surface area (Å²) in [7, 11) is 1.64. The fourth-order valence-corrected chi connectivity index (χ4v) is 4.91. The van der Waals surface area contributed by atoms with Gasteiger partial charge >= 0.3 is 0 Å². The molecular weight excluding hydrogens is 546 g/mol. The molecule has 0 aliphatic carbocycles. The Bertz CT molecular complexity index is 1460. The molecule has 3 aromatic carbocycles. The van der Waals surface area contributed by atoms with Gasteiger partial charge in [-0.3, -0.25) is 9.36 Å². The van der Waals surface area contributed by atoms with Crippen LogP contribution in [0.2, 0.25) is 0 Å². The molecule has 1 heterocycles. The second kappa shape index (κ2) is 14.7. The van der Waals surface area contributed by atoms with Crippen LogP contribution in [0.25, 0.3) is 17.1 Å². The molecule has 220 valence electrons.